The highest BCUT2D eigenvalue weighted by atomic mass is 16.4. The fourth-order valence-electron chi connectivity index (χ4n) is 1.46. The maximum absolute atomic E-state index is 11.0. The van der Waals surface area contributed by atoms with Gasteiger partial charge in [-0.05, 0) is 19.1 Å². The minimum Gasteiger partial charge on any atom is -0.408 e. The Labute approximate surface area is 91.9 Å². The lowest BCUT2D eigenvalue weighted by molar-refractivity contribution is 0.555. The Morgan fingerprint density at radius 2 is 2.31 bits per heavy atom. The first-order valence-electron chi connectivity index (χ1n) is 4.87. The van der Waals surface area contributed by atoms with Gasteiger partial charge in [-0.25, -0.2) is 4.79 Å². The molecule has 82 valence electrons. The van der Waals surface area contributed by atoms with Gasteiger partial charge in [0.2, 0.25) is 0 Å². The van der Waals surface area contributed by atoms with Gasteiger partial charge in [0.05, 0.1) is 11.6 Å². The number of rotatable bonds is 2. The van der Waals surface area contributed by atoms with Crippen molar-refractivity contribution in [2.45, 2.75) is 13.0 Å². The number of hydrogen-bond donors (Lipinski definition) is 1. The van der Waals surface area contributed by atoms with E-state index in [0.717, 1.165) is 5.69 Å². The summed E-state index contributed by atoms with van der Waals surface area (Å²) in [6.45, 7) is 1.80. The molecule has 16 heavy (non-hydrogen) atoms. The lowest BCUT2D eigenvalue weighted by Crippen LogP contribution is -2.26. The molecule has 1 aromatic carbocycles. The van der Waals surface area contributed by atoms with Crippen LogP contribution in [0.3, 0.4) is 0 Å². The highest BCUT2D eigenvalue weighted by Crippen LogP contribution is 2.20. The highest BCUT2D eigenvalue weighted by Gasteiger charge is 2.10. The van der Waals surface area contributed by atoms with E-state index in [-0.39, 0.29) is 6.04 Å². The molecule has 1 atom stereocenters. The second kappa shape index (κ2) is 3.74. The second-order valence-electron chi connectivity index (χ2n) is 3.61. The average Bonchev–Trinajstić information content (AvgIpc) is 2.65. The van der Waals surface area contributed by atoms with Gasteiger partial charge in [-0.3, -0.25) is 4.98 Å². The Bertz CT molecular complexity index is 605. The number of fused-ring (bicyclic) bond motifs is 1. The molecule has 0 amide bonds. The van der Waals surface area contributed by atoms with Gasteiger partial charge in [-0.2, -0.15) is 5.26 Å². The summed E-state index contributed by atoms with van der Waals surface area (Å²) >= 11 is 0. The Balaban J connectivity index is 2.47. The summed E-state index contributed by atoms with van der Waals surface area (Å²) in [5.41, 5.74) is 2.00. The number of oxazole rings is 1. The maximum atomic E-state index is 11.0. The number of nitrogens with zero attached hydrogens (tertiary/aromatic N) is 2. The summed E-state index contributed by atoms with van der Waals surface area (Å²) in [6.07, 6.45) is 0. The molecule has 5 nitrogen and oxygen atoms in total. The largest absolute Gasteiger partial charge is 0.417 e. The summed E-state index contributed by atoms with van der Waals surface area (Å²) in [5, 5.41) is 8.81. The van der Waals surface area contributed by atoms with E-state index in [0.29, 0.717) is 11.1 Å². The van der Waals surface area contributed by atoms with Crippen molar-refractivity contribution in [3.63, 3.8) is 0 Å². The topological polar surface area (TPSA) is 73.0 Å². The van der Waals surface area contributed by atoms with E-state index in [1.807, 2.05) is 18.0 Å². The van der Waals surface area contributed by atoms with E-state index >= 15 is 0 Å². The predicted octanol–water partition coefficient (Wildman–Crippen LogP) is 1.47. The summed E-state index contributed by atoms with van der Waals surface area (Å²) in [7, 11) is 1.82. The van der Waals surface area contributed by atoms with Gasteiger partial charge in [0.25, 0.3) is 0 Å². The van der Waals surface area contributed by atoms with Crippen LogP contribution in [0.25, 0.3) is 11.1 Å². The quantitative estimate of drug-likeness (QED) is 0.826. The van der Waals surface area contributed by atoms with Crippen LogP contribution in [0.5, 0.6) is 0 Å². The summed E-state index contributed by atoms with van der Waals surface area (Å²) in [6, 6.07) is 7.24. The predicted molar refractivity (Wildman–Crippen MR) is 60.3 cm³/mol. The number of nitrogens with one attached hydrogen (secondary N) is 1. The van der Waals surface area contributed by atoms with Gasteiger partial charge >= 0.3 is 5.76 Å². The first-order chi connectivity index (χ1) is 7.61. The zero-order valence-electron chi connectivity index (χ0n) is 9.02. The van der Waals surface area contributed by atoms with Crippen LogP contribution in [0.4, 0.5) is 5.69 Å². The van der Waals surface area contributed by atoms with Crippen molar-refractivity contribution in [1.82, 2.24) is 4.98 Å². The number of benzene rings is 1. The molecule has 0 fully saturated rings. The van der Waals surface area contributed by atoms with Crippen molar-refractivity contribution in [1.29, 1.82) is 5.26 Å². The van der Waals surface area contributed by atoms with E-state index in [1.54, 1.807) is 19.1 Å². The molecular weight excluding hydrogens is 206 g/mol. The molecule has 0 aliphatic rings. The van der Waals surface area contributed by atoms with Crippen LogP contribution in [0, 0.1) is 11.3 Å². The van der Waals surface area contributed by atoms with Crippen LogP contribution < -0.4 is 10.7 Å². The molecule has 5 heteroatoms. The van der Waals surface area contributed by atoms with E-state index in [2.05, 4.69) is 11.1 Å². The molecule has 2 aromatic rings. The van der Waals surface area contributed by atoms with Crippen molar-refractivity contribution in [3.8, 4) is 6.07 Å². The third kappa shape index (κ3) is 1.65. The van der Waals surface area contributed by atoms with Gasteiger partial charge in [0.15, 0.2) is 5.58 Å². The summed E-state index contributed by atoms with van der Waals surface area (Å²) in [4.78, 5) is 15.3. The normalized spacial score (nSPS) is 12.3. The van der Waals surface area contributed by atoms with Gasteiger partial charge in [-0.15, -0.1) is 0 Å². The van der Waals surface area contributed by atoms with Crippen molar-refractivity contribution in [2.24, 2.45) is 0 Å². The van der Waals surface area contributed by atoms with Crippen molar-refractivity contribution < 1.29 is 4.42 Å². The van der Waals surface area contributed by atoms with Crippen LogP contribution >= 0.6 is 0 Å². The maximum Gasteiger partial charge on any atom is 0.417 e. The van der Waals surface area contributed by atoms with Crippen LogP contribution in [0.1, 0.15) is 6.92 Å². The number of aromatic amines is 1. The van der Waals surface area contributed by atoms with Crippen LogP contribution in [0.2, 0.25) is 0 Å². The molecule has 0 radical (unpaired) electrons. The van der Waals surface area contributed by atoms with Crippen LogP contribution in [-0.4, -0.2) is 18.1 Å². The van der Waals surface area contributed by atoms with Crippen LogP contribution in [0.15, 0.2) is 27.4 Å². The molecule has 0 bridgehead atoms. The average molecular weight is 217 g/mol. The van der Waals surface area contributed by atoms with Gasteiger partial charge in [-0.1, -0.05) is 0 Å². The molecule has 0 aliphatic carbocycles. The van der Waals surface area contributed by atoms with Crippen molar-refractivity contribution in [2.75, 3.05) is 11.9 Å². The number of anilines is 1. The van der Waals surface area contributed by atoms with E-state index in [9.17, 15) is 4.79 Å². The van der Waals surface area contributed by atoms with Gasteiger partial charge in [0, 0.05) is 18.8 Å². The van der Waals surface area contributed by atoms with Gasteiger partial charge in [0.1, 0.15) is 6.04 Å². The fraction of sp³-hybridized carbons (Fsp3) is 0.273. The van der Waals surface area contributed by atoms with E-state index in [1.165, 1.54) is 0 Å². The standard InChI is InChI=1S/C11H11N3O2/c1-7(6-12)14(2)8-3-4-9-10(5-8)16-11(15)13-9/h3-5,7H,1-2H3,(H,13,15). The number of hydrogen-bond acceptors (Lipinski definition) is 4. The lowest BCUT2D eigenvalue weighted by Gasteiger charge is -2.21. The molecule has 1 aromatic heterocycles. The first-order valence-corrected chi connectivity index (χ1v) is 4.87. The van der Waals surface area contributed by atoms with Crippen molar-refractivity contribution in [3.05, 3.63) is 28.7 Å². The minimum atomic E-state index is -0.469. The molecule has 2 rings (SSSR count). The molecule has 0 saturated carbocycles. The molecule has 1 heterocycles. The summed E-state index contributed by atoms with van der Waals surface area (Å²) in [5.74, 6) is -0.469. The smallest absolute Gasteiger partial charge is 0.408 e. The molecule has 1 unspecified atom stereocenters. The number of nitriles is 1. The minimum absolute atomic E-state index is 0.233. The molecule has 0 saturated heterocycles. The monoisotopic (exact) mass is 217 g/mol. The van der Waals surface area contributed by atoms with E-state index < -0.39 is 5.76 Å². The third-order valence-electron chi connectivity index (χ3n) is 2.58. The molecular formula is C11H11N3O2. The highest BCUT2D eigenvalue weighted by molar-refractivity contribution is 5.77. The lowest BCUT2D eigenvalue weighted by atomic mass is 10.2. The summed E-state index contributed by atoms with van der Waals surface area (Å²) < 4.78 is 4.95. The first kappa shape index (κ1) is 10.3. The zero-order valence-corrected chi connectivity index (χ0v) is 9.02. The van der Waals surface area contributed by atoms with Gasteiger partial charge < -0.3 is 9.32 Å². The zero-order chi connectivity index (χ0) is 11.7. The van der Waals surface area contributed by atoms with Crippen molar-refractivity contribution >= 4 is 16.8 Å². The van der Waals surface area contributed by atoms with Crippen LogP contribution in [-0.2, 0) is 0 Å². The molecule has 0 aliphatic heterocycles. The molecule has 1 N–H and O–H groups in total. The Kier molecular flexibility index (Phi) is 2.41. The Hall–Kier alpha value is -2.22. The Morgan fingerprint density at radius 1 is 1.56 bits per heavy atom. The number of aromatic nitrogens is 1. The SMILES string of the molecule is CC(C#N)N(C)c1ccc2[nH]c(=O)oc2c1. The van der Waals surface area contributed by atoms with E-state index in [4.69, 9.17) is 9.68 Å². The third-order valence-corrected chi connectivity index (χ3v) is 2.58. The fourth-order valence-corrected chi connectivity index (χ4v) is 1.46. The Morgan fingerprint density at radius 3 is 3.00 bits per heavy atom. The molecule has 0 spiro atoms. The number of H-pyrrole nitrogens is 1. The second-order valence-corrected chi connectivity index (χ2v) is 3.61.